The van der Waals surface area contributed by atoms with Gasteiger partial charge in [-0.1, -0.05) is 18.2 Å². The second-order valence-electron chi connectivity index (χ2n) is 11.7. The van der Waals surface area contributed by atoms with Crippen molar-refractivity contribution < 1.29 is 182 Å². The molecule has 0 bridgehead atoms. The predicted molar refractivity (Wildman–Crippen MR) is 161 cm³/mol. The van der Waals surface area contributed by atoms with E-state index < -0.39 is 68.4 Å². The number of aryl methyl sites for hydroxylation is 1. The molecule has 1 saturated carbocycles. The average molecular weight is 769 g/mol. The van der Waals surface area contributed by atoms with E-state index in [0.29, 0.717) is 41.9 Å². The van der Waals surface area contributed by atoms with Gasteiger partial charge in [-0.3, -0.25) is 0 Å². The summed E-state index contributed by atoms with van der Waals surface area (Å²) in [4.78, 5) is 48.1. The summed E-state index contributed by atoms with van der Waals surface area (Å²) < 4.78 is 23.5. The van der Waals surface area contributed by atoms with E-state index in [-0.39, 0.29) is 148 Å². The van der Waals surface area contributed by atoms with Crippen LogP contribution in [0.5, 0.6) is 23.0 Å². The van der Waals surface area contributed by atoms with Crippen molar-refractivity contribution in [2.24, 2.45) is 0 Å². The zero-order valence-electron chi connectivity index (χ0n) is 30.3. The quantitative estimate of drug-likeness (QED) is 0.134. The smallest absolute Gasteiger partial charge is 0.548 e. The second kappa shape index (κ2) is 22.8. The van der Waals surface area contributed by atoms with Gasteiger partial charge in [0.1, 0.15) is 29.8 Å². The molecule has 53 heavy (non-hydrogen) atoms. The molecule has 1 heterocycles. The van der Waals surface area contributed by atoms with Gasteiger partial charge in [0.15, 0.2) is 11.5 Å². The van der Waals surface area contributed by atoms with Crippen molar-refractivity contribution in [2.45, 2.75) is 44.5 Å². The van der Waals surface area contributed by atoms with Crippen LogP contribution in [-0.4, -0.2) is 74.2 Å². The summed E-state index contributed by atoms with van der Waals surface area (Å²) in [6, 6.07) is 14.1. The van der Waals surface area contributed by atoms with E-state index in [0.717, 1.165) is 15.4 Å². The predicted octanol–water partition coefficient (Wildman–Crippen LogP) is -14.2. The molecule has 0 spiro atoms. The summed E-state index contributed by atoms with van der Waals surface area (Å²) in [6.45, 7) is -1.29. The minimum atomic E-state index is -1.55. The van der Waals surface area contributed by atoms with Crippen molar-refractivity contribution in [3.8, 4) is 23.0 Å². The summed E-state index contributed by atoms with van der Waals surface area (Å²) in [5.74, 6) is -4.94. The van der Waals surface area contributed by atoms with Crippen LogP contribution >= 0.6 is 0 Å². The molecule has 1 aliphatic carbocycles. The standard InChI is InChI=1S/C34H36N2O13.4Na/c1-19-5-8-22(35(14-30(37)38)15-31(39)40)27(11-19)48-25-3-2-4-26(25)49-28-12-20(6-9-23(28)36(16-32(41)42)17-33(43)44)34(45)21-7-10-24-29(13-21)47-18-46-24;;;;/h5-13,25-26,34,45H,2-4,14-18H2,1H3,(H,37,38)(H,39,40)(H,41,42)(H,43,44);;;;/q;4*+1/p-4. The van der Waals surface area contributed by atoms with Crippen LogP contribution in [0.3, 0.4) is 0 Å². The Bertz CT molecular complexity index is 1720. The molecule has 19 heteroatoms. The summed E-state index contributed by atoms with van der Waals surface area (Å²) >= 11 is 0. The first kappa shape index (κ1) is 49.3. The number of hydrogen-bond acceptors (Lipinski definition) is 15. The Morgan fingerprint density at radius 2 is 1.11 bits per heavy atom. The van der Waals surface area contributed by atoms with E-state index in [2.05, 4.69) is 0 Å². The largest absolute Gasteiger partial charge is 1.00 e. The van der Waals surface area contributed by atoms with Gasteiger partial charge < -0.3 is 73.5 Å². The SMILES string of the molecule is Cc1ccc(N(CC(=O)[O-])CC(=O)[O-])c(OC2CCCC2Oc2cc(C(O)c3ccc4c(c3)OCO4)ccc2N(CC(=O)[O-])CC(=O)[O-])c1.[Na+].[Na+].[Na+].[Na+]. The van der Waals surface area contributed by atoms with Crippen LogP contribution in [0.1, 0.15) is 42.1 Å². The number of anilines is 2. The summed E-state index contributed by atoms with van der Waals surface area (Å²) in [6.07, 6.45) is -1.04. The van der Waals surface area contributed by atoms with Crippen LogP contribution in [-0.2, 0) is 19.2 Å². The first-order valence-corrected chi connectivity index (χ1v) is 15.3. The molecule has 1 aliphatic heterocycles. The van der Waals surface area contributed by atoms with Crippen molar-refractivity contribution in [1.82, 2.24) is 0 Å². The van der Waals surface area contributed by atoms with Gasteiger partial charge in [0.2, 0.25) is 6.79 Å². The Labute approximate surface area is 394 Å². The normalized spacial score (nSPS) is 15.6. The summed E-state index contributed by atoms with van der Waals surface area (Å²) in [7, 11) is 0. The number of aliphatic carboxylic acids is 4. The maximum Gasteiger partial charge on any atom is 1.00 e. The first-order chi connectivity index (χ1) is 23.4. The number of carbonyl (C=O) groups excluding carboxylic acids is 4. The number of fused-ring (bicyclic) bond motifs is 1. The van der Waals surface area contributed by atoms with E-state index >= 15 is 0 Å². The number of nitrogens with zero attached hydrogens (tertiary/aromatic N) is 2. The Morgan fingerprint density at radius 3 is 1.62 bits per heavy atom. The summed E-state index contributed by atoms with van der Waals surface area (Å²) in [5.41, 5.74) is 1.77. The van der Waals surface area contributed by atoms with Crippen molar-refractivity contribution >= 4 is 35.3 Å². The van der Waals surface area contributed by atoms with Gasteiger partial charge >= 0.3 is 118 Å². The number of carbonyl (C=O) groups is 4. The number of carboxylic acid groups (broad SMARTS) is 4. The number of ether oxygens (including phenoxy) is 4. The third kappa shape index (κ3) is 13.5. The van der Waals surface area contributed by atoms with Crippen LogP contribution in [0.4, 0.5) is 11.4 Å². The van der Waals surface area contributed by atoms with Gasteiger partial charge in [0.05, 0.1) is 61.4 Å². The Balaban J connectivity index is 0.00000351. The molecule has 0 saturated heterocycles. The molecule has 260 valence electrons. The number of aliphatic hydroxyl groups excluding tert-OH is 1. The third-order valence-electron chi connectivity index (χ3n) is 8.04. The van der Waals surface area contributed by atoms with E-state index in [4.69, 9.17) is 18.9 Å². The zero-order chi connectivity index (χ0) is 35.2. The Morgan fingerprint density at radius 1 is 0.679 bits per heavy atom. The van der Waals surface area contributed by atoms with E-state index in [1.807, 2.05) is 0 Å². The third-order valence-corrected chi connectivity index (χ3v) is 8.04. The van der Waals surface area contributed by atoms with Crippen LogP contribution in [0.2, 0.25) is 0 Å². The average Bonchev–Trinajstić information content (AvgIpc) is 3.68. The maximum absolute atomic E-state index is 11.6. The molecule has 0 amide bonds. The maximum atomic E-state index is 11.6. The van der Waals surface area contributed by atoms with Gasteiger partial charge in [-0.2, -0.15) is 0 Å². The van der Waals surface area contributed by atoms with Crippen LogP contribution in [0, 0.1) is 6.92 Å². The number of hydrogen-bond donors (Lipinski definition) is 1. The number of carboxylic acids is 4. The van der Waals surface area contributed by atoms with Crippen LogP contribution in [0.25, 0.3) is 0 Å². The van der Waals surface area contributed by atoms with Crippen molar-refractivity contribution in [3.63, 3.8) is 0 Å². The molecule has 0 radical (unpaired) electrons. The topological polar surface area (TPSA) is 224 Å². The molecule has 1 N–H and O–H groups in total. The number of rotatable bonds is 16. The van der Waals surface area contributed by atoms with E-state index in [1.165, 1.54) is 24.3 Å². The molecule has 15 nitrogen and oxygen atoms in total. The van der Waals surface area contributed by atoms with E-state index in [1.54, 1.807) is 37.3 Å². The number of benzene rings is 3. The minimum absolute atomic E-state index is 0. The fourth-order valence-electron chi connectivity index (χ4n) is 5.87. The fourth-order valence-corrected chi connectivity index (χ4v) is 5.87. The van der Waals surface area contributed by atoms with Gasteiger partial charge in [-0.15, -0.1) is 0 Å². The Kier molecular flexibility index (Phi) is 21.2. The van der Waals surface area contributed by atoms with Crippen molar-refractivity contribution in [1.29, 1.82) is 0 Å². The molecule has 2 aliphatic rings. The first-order valence-electron chi connectivity index (χ1n) is 15.3. The second-order valence-corrected chi connectivity index (χ2v) is 11.7. The van der Waals surface area contributed by atoms with Crippen LogP contribution in [0.15, 0.2) is 54.6 Å². The molecule has 3 aromatic carbocycles. The van der Waals surface area contributed by atoms with Gasteiger partial charge in [-0.05, 0) is 79.3 Å². The molecule has 0 aromatic heterocycles. The molecule has 3 atom stereocenters. The van der Waals surface area contributed by atoms with E-state index in [9.17, 15) is 44.7 Å². The van der Waals surface area contributed by atoms with Gasteiger partial charge in [0.25, 0.3) is 0 Å². The Hall–Kier alpha value is -1.70. The minimum Gasteiger partial charge on any atom is -0.548 e. The molecule has 3 unspecified atom stereocenters. The molecule has 1 fully saturated rings. The summed E-state index contributed by atoms with van der Waals surface area (Å²) in [5, 5.41) is 57.4. The molecular formula is C34H32N2Na4O13. The van der Waals surface area contributed by atoms with Crippen LogP contribution < -0.4 is 167 Å². The van der Waals surface area contributed by atoms with Crippen molar-refractivity contribution in [3.05, 3.63) is 71.3 Å². The fraction of sp³-hybridized carbons (Fsp3) is 0.353. The van der Waals surface area contributed by atoms with Gasteiger partial charge in [-0.25, -0.2) is 0 Å². The zero-order valence-corrected chi connectivity index (χ0v) is 38.3. The van der Waals surface area contributed by atoms with Crippen molar-refractivity contribution in [2.75, 3.05) is 42.8 Å². The monoisotopic (exact) mass is 768 g/mol. The molecular weight excluding hydrogens is 736 g/mol. The molecule has 5 rings (SSSR count). The number of aliphatic hydroxyl groups is 1. The molecule has 3 aromatic rings. The van der Waals surface area contributed by atoms with Gasteiger partial charge in [0, 0.05) is 0 Å².